The smallest absolute Gasteiger partial charge is 0.253 e. The highest BCUT2D eigenvalue weighted by Gasteiger charge is 2.22. The Morgan fingerprint density at radius 2 is 1.75 bits per heavy atom. The van der Waals surface area contributed by atoms with Gasteiger partial charge in [0.1, 0.15) is 0 Å². The Hall–Kier alpha value is -3.38. The Morgan fingerprint density at radius 3 is 2.47 bits per heavy atom. The summed E-state index contributed by atoms with van der Waals surface area (Å²) < 4.78 is 18.9. The van der Waals surface area contributed by atoms with Crippen LogP contribution in [0.25, 0.3) is 0 Å². The number of amides is 1. The molecule has 2 N–H and O–H groups in total. The number of carbonyl (C=O) groups excluding carboxylic acids is 1. The zero-order valence-electron chi connectivity index (χ0n) is 18.2. The maximum absolute atomic E-state index is 13.9. The van der Waals surface area contributed by atoms with Gasteiger partial charge in [0, 0.05) is 31.4 Å². The molecule has 5 nitrogen and oxygen atoms in total. The Kier molecular flexibility index (Phi) is 7.02. The highest BCUT2D eigenvalue weighted by Crippen LogP contribution is 2.23. The van der Waals surface area contributed by atoms with Crippen molar-refractivity contribution in [3.63, 3.8) is 0 Å². The number of nitrogens with one attached hydrogen (secondary N) is 2. The van der Waals surface area contributed by atoms with E-state index in [1.165, 1.54) is 13.2 Å². The van der Waals surface area contributed by atoms with Crippen molar-refractivity contribution in [3.8, 4) is 5.75 Å². The first-order chi connectivity index (χ1) is 15.6. The van der Waals surface area contributed by atoms with Crippen LogP contribution in [0.5, 0.6) is 5.75 Å². The molecule has 1 saturated heterocycles. The van der Waals surface area contributed by atoms with Crippen LogP contribution >= 0.6 is 0 Å². The second kappa shape index (κ2) is 10.3. The van der Waals surface area contributed by atoms with Crippen molar-refractivity contribution < 1.29 is 13.9 Å². The van der Waals surface area contributed by atoms with Gasteiger partial charge in [0.15, 0.2) is 11.6 Å². The molecule has 1 heterocycles. The van der Waals surface area contributed by atoms with Gasteiger partial charge in [0.25, 0.3) is 5.91 Å². The molecule has 1 aliphatic rings. The van der Waals surface area contributed by atoms with Crippen LogP contribution in [0, 0.1) is 5.82 Å². The summed E-state index contributed by atoms with van der Waals surface area (Å²) in [6.07, 6.45) is 1.72. The maximum atomic E-state index is 13.9. The second-order valence-electron chi connectivity index (χ2n) is 8.03. The van der Waals surface area contributed by atoms with Crippen molar-refractivity contribution >= 4 is 17.3 Å². The lowest BCUT2D eigenvalue weighted by molar-refractivity contribution is 0.0909. The van der Waals surface area contributed by atoms with E-state index < -0.39 is 0 Å². The lowest BCUT2D eigenvalue weighted by Crippen LogP contribution is -2.44. The molecule has 166 valence electrons. The zero-order valence-corrected chi connectivity index (χ0v) is 18.2. The highest BCUT2D eigenvalue weighted by atomic mass is 19.1. The summed E-state index contributed by atoms with van der Waals surface area (Å²) in [5.74, 6) is -0.146. The van der Waals surface area contributed by atoms with Crippen LogP contribution < -0.4 is 15.4 Å². The summed E-state index contributed by atoms with van der Waals surface area (Å²) in [5.41, 5.74) is 3.28. The largest absolute Gasteiger partial charge is 0.494 e. The monoisotopic (exact) mass is 433 g/mol. The molecule has 1 amide bonds. The minimum Gasteiger partial charge on any atom is -0.494 e. The first-order valence-corrected chi connectivity index (χ1v) is 10.9. The summed E-state index contributed by atoms with van der Waals surface area (Å²) in [6, 6.07) is 22.6. The molecule has 0 unspecified atom stereocenters. The van der Waals surface area contributed by atoms with Gasteiger partial charge in [0.05, 0.1) is 18.4 Å². The summed E-state index contributed by atoms with van der Waals surface area (Å²) in [5, 5.41) is 6.52. The van der Waals surface area contributed by atoms with Gasteiger partial charge in [-0.05, 0) is 54.8 Å². The molecule has 4 rings (SSSR count). The molecule has 0 bridgehead atoms. The highest BCUT2D eigenvalue weighted by molar-refractivity contribution is 6.00. The quantitative estimate of drug-likeness (QED) is 0.552. The lowest BCUT2D eigenvalue weighted by atomic mass is 10.0. The number of nitrogens with zero attached hydrogens (tertiary/aromatic N) is 1. The number of anilines is 2. The van der Waals surface area contributed by atoms with Crippen molar-refractivity contribution in [2.24, 2.45) is 0 Å². The molecule has 0 aliphatic carbocycles. The number of hydrogen-bond donors (Lipinski definition) is 2. The number of halogens is 1. The van der Waals surface area contributed by atoms with Gasteiger partial charge < -0.3 is 15.4 Å². The van der Waals surface area contributed by atoms with Gasteiger partial charge in [0.2, 0.25) is 0 Å². The van der Waals surface area contributed by atoms with E-state index in [-0.39, 0.29) is 23.5 Å². The molecule has 1 fully saturated rings. The van der Waals surface area contributed by atoms with Gasteiger partial charge in [-0.2, -0.15) is 0 Å². The molecule has 1 aliphatic heterocycles. The number of benzene rings is 3. The van der Waals surface area contributed by atoms with Crippen LogP contribution in [-0.4, -0.2) is 37.0 Å². The van der Waals surface area contributed by atoms with E-state index in [0.717, 1.165) is 42.9 Å². The van der Waals surface area contributed by atoms with E-state index in [4.69, 9.17) is 4.74 Å². The van der Waals surface area contributed by atoms with E-state index in [0.29, 0.717) is 12.1 Å². The molecule has 0 atom stereocenters. The molecule has 0 aromatic heterocycles. The topological polar surface area (TPSA) is 53.6 Å². The van der Waals surface area contributed by atoms with E-state index in [1.807, 2.05) is 60.7 Å². The van der Waals surface area contributed by atoms with Gasteiger partial charge >= 0.3 is 0 Å². The van der Waals surface area contributed by atoms with Crippen molar-refractivity contribution in [2.45, 2.75) is 25.4 Å². The number of ether oxygens (including phenoxy) is 1. The molecular formula is C26H28FN3O2. The third-order valence-electron chi connectivity index (χ3n) is 5.77. The number of methoxy groups -OCH3 is 1. The summed E-state index contributed by atoms with van der Waals surface area (Å²) in [7, 11) is 1.47. The summed E-state index contributed by atoms with van der Waals surface area (Å²) in [4.78, 5) is 15.3. The maximum Gasteiger partial charge on any atom is 0.253 e. The van der Waals surface area contributed by atoms with Crippen LogP contribution in [0.2, 0.25) is 0 Å². The Labute approximate surface area is 188 Å². The normalized spacial score (nSPS) is 14.7. The summed E-state index contributed by atoms with van der Waals surface area (Å²) in [6.45, 7) is 2.39. The third-order valence-corrected chi connectivity index (χ3v) is 5.77. The van der Waals surface area contributed by atoms with Gasteiger partial charge in [-0.15, -0.1) is 0 Å². The molecule has 32 heavy (non-hydrogen) atoms. The van der Waals surface area contributed by atoms with Crippen molar-refractivity contribution in [1.29, 1.82) is 0 Å². The number of likely N-dealkylation sites (tertiary alicyclic amines) is 1. The third kappa shape index (κ3) is 5.45. The van der Waals surface area contributed by atoms with Gasteiger partial charge in [-0.3, -0.25) is 9.69 Å². The van der Waals surface area contributed by atoms with Crippen LogP contribution in [0.1, 0.15) is 28.8 Å². The average molecular weight is 434 g/mol. The first-order valence-electron chi connectivity index (χ1n) is 10.9. The lowest BCUT2D eigenvalue weighted by Gasteiger charge is -2.32. The van der Waals surface area contributed by atoms with E-state index in [2.05, 4.69) is 15.5 Å². The van der Waals surface area contributed by atoms with Crippen molar-refractivity contribution in [1.82, 2.24) is 10.2 Å². The summed E-state index contributed by atoms with van der Waals surface area (Å²) >= 11 is 0. The minimum atomic E-state index is -0.338. The SMILES string of the molecule is COc1ccc(CN2CCC(NC(=O)c3ccccc3Nc3ccccc3)CC2)cc1F. The Balaban J connectivity index is 1.32. The molecule has 3 aromatic carbocycles. The van der Waals surface area contributed by atoms with Crippen molar-refractivity contribution in [3.05, 3.63) is 89.7 Å². The molecular weight excluding hydrogens is 405 g/mol. The number of rotatable bonds is 7. The fourth-order valence-electron chi connectivity index (χ4n) is 4.03. The fraction of sp³-hybridized carbons (Fsp3) is 0.269. The molecule has 6 heteroatoms. The van der Waals surface area contributed by atoms with Crippen LogP contribution in [0.4, 0.5) is 15.8 Å². The van der Waals surface area contributed by atoms with E-state index in [9.17, 15) is 9.18 Å². The molecule has 0 radical (unpaired) electrons. The van der Waals surface area contributed by atoms with Gasteiger partial charge in [-0.25, -0.2) is 4.39 Å². The van der Waals surface area contributed by atoms with Crippen LogP contribution in [0.3, 0.4) is 0 Å². The van der Waals surface area contributed by atoms with Gasteiger partial charge in [-0.1, -0.05) is 36.4 Å². The standard InChI is InChI=1S/C26H28FN3O2/c1-32-25-12-11-19(17-23(25)27)18-30-15-13-21(14-16-30)29-26(31)22-9-5-6-10-24(22)28-20-7-3-2-4-8-20/h2-12,17,21,28H,13-16,18H2,1H3,(H,29,31). The first kappa shape index (κ1) is 21.8. The average Bonchev–Trinajstić information content (AvgIpc) is 2.81. The second-order valence-corrected chi connectivity index (χ2v) is 8.03. The molecule has 0 saturated carbocycles. The number of piperidine rings is 1. The Morgan fingerprint density at radius 1 is 1.03 bits per heavy atom. The Bertz CT molecular complexity index is 1050. The molecule has 3 aromatic rings. The van der Waals surface area contributed by atoms with Crippen molar-refractivity contribution in [2.75, 3.05) is 25.5 Å². The molecule has 0 spiro atoms. The van der Waals surface area contributed by atoms with Crippen LogP contribution in [-0.2, 0) is 6.54 Å². The predicted octanol–water partition coefficient (Wildman–Crippen LogP) is 4.97. The number of carbonyl (C=O) groups is 1. The number of hydrogen-bond acceptors (Lipinski definition) is 4. The fourth-order valence-corrected chi connectivity index (χ4v) is 4.03. The van der Waals surface area contributed by atoms with E-state index >= 15 is 0 Å². The van der Waals surface area contributed by atoms with Crippen LogP contribution in [0.15, 0.2) is 72.8 Å². The zero-order chi connectivity index (χ0) is 22.3. The predicted molar refractivity (Wildman–Crippen MR) is 125 cm³/mol. The number of para-hydroxylation sites is 2. The van der Waals surface area contributed by atoms with E-state index in [1.54, 1.807) is 6.07 Å². The minimum absolute atomic E-state index is 0.0697.